The highest BCUT2D eigenvalue weighted by atomic mass is 32.1. The molecule has 0 spiro atoms. The van der Waals surface area contributed by atoms with Crippen molar-refractivity contribution in [3.63, 3.8) is 0 Å². The number of nitrogens with one attached hydrogen (secondary N) is 2. The van der Waals surface area contributed by atoms with Gasteiger partial charge >= 0.3 is 0 Å². The van der Waals surface area contributed by atoms with Gasteiger partial charge in [0, 0.05) is 11.8 Å². The van der Waals surface area contributed by atoms with Crippen LogP contribution in [0.15, 0.2) is 76.7 Å². The Morgan fingerprint density at radius 3 is 2.30 bits per heavy atom. The zero-order chi connectivity index (χ0) is 24.2. The highest BCUT2D eigenvalue weighted by molar-refractivity contribution is 7.80. The number of benzene rings is 3. The second kappa shape index (κ2) is 12.6. The fourth-order valence-electron chi connectivity index (χ4n) is 2.57. The van der Waals surface area contributed by atoms with Crippen LogP contribution in [-0.2, 0) is 0 Å². The van der Waals surface area contributed by atoms with E-state index in [4.69, 9.17) is 38.9 Å². The second-order valence-corrected chi connectivity index (χ2v) is 7.17. The van der Waals surface area contributed by atoms with E-state index in [-0.39, 0.29) is 10.9 Å². The lowest BCUT2D eigenvalue weighted by atomic mass is 10.1. The second-order valence-electron chi connectivity index (χ2n) is 6.73. The normalized spacial score (nSPS) is 10.8. The standard InChI is InChI=1S/C15H14N4O.C9H12N2OS/c16-9-11-1-3-12(4-2-11)15(17)19-10-18-13-5-7-14(20)8-6-13;1-6-3-4-8(12-2)7(5-6)11-9(10)13/h1-10,16,20H,(H2,17,18,19);3-5H,1-2H3,(H3,10,11,13). The molecule has 0 amide bonds. The summed E-state index contributed by atoms with van der Waals surface area (Å²) < 4.78 is 5.12. The minimum absolute atomic E-state index is 0.193. The SMILES string of the molecule is COc1ccc(C)cc1NC(N)=S.N=Cc1ccc(C(N)=NC=Nc2ccc(O)cc2)cc1. The number of hydrogen-bond acceptors (Lipinski definition) is 5. The zero-order valence-electron chi connectivity index (χ0n) is 18.3. The number of aromatic hydroxyl groups is 1. The number of phenolic OH excluding ortho intramolecular Hbond substituents is 1. The van der Waals surface area contributed by atoms with Crippen LogP contribution < -0.4 is 21.5 Å². The number of anilines is 1. The number of aliphatic imine (C=N–C) groups is 2. The van der Waals surface area contributed by atoms with Gasteiger partial charge in [-0.05, 0) is 66.7 Å². The molecule has 0 aliphatic heterocycles. The smallest absolute Gasteiger partial charge is 0.168 e. The maximum atomic E-state index is 9.15. The van der Waals surface area contributed by atoms with Gasteiger partial charge in [-0.15, -0.1) is 0 Å². The van der Waals surface area contributed by atoms with E-state index in [1.54, 1.807) is 55.6 Å². The molecule has 0 saturated carbocycles. The van der Waals surface area contributed by atoms with Crippen LogP contribution in [0.5, 0.6) is 11.5 Å². The molecule has 33 heavy (non-hydrogen) atoms. The van der Waals surface area contributed by atoms with E-state index in [9.17, 15) is 0 Å². The number of aryl methyl sites for hydroxylation is 1. The molecule has 0 aliphatic carbocycles. The molecule has 0 saturated heterocycles. The molecule has 3 rings (SSSR count). The van der Waals surface area contributed by atoms with Gasteiger partial charge in [-0.25, -0.2) is 9.98 Å². The van der Waals surface area contributed by atoms with Crippen LogP contribution in [0, 0.1) is 12.3 Å². The molecule has 3 aromatic carbocycles. The minimum Gasteiger partial charge on any atom is -0.508 e. The molecular weight excluding hydrogens is 436 g/mol. The van der Waals surface area contributed by atoms with Crippen molar-refractivity contribution in [3.8, 4) is 11.5 Å². The van der Waals surface area contributed by atoms with Crippen molar-refractivity contribution in [1.82, 2.24) is 0 Å². The van der Waals surface area contributed by atoms with Gasteiger partial charge in [0.1, 0.15) is 23.7 Å². The van der Waals surface area contributed by atoms with Crippen LogP contribution in [0.3, 0.4) is 0 Å². The van der Waals surface area contributed by atoms with Crippen molar-refractivity contribution in [2.24, 2.45) is 21.5 Å². The summed E-state index contributed by atoms with van der Waals surface area (Å²) in [4.78, 5) is 8.16. The van der Waals surface area contributed by atoms with Crippen LogP contribution in [-0.4, -0.2) is 35.7 Å². The summed E-state index contributed by atoms with van der Waals surface area (Å²) in [6, 6.07) is 19.4. The van der Waals surface area contributed by atoms with Crippen molar-refractivity contribution in [1.29, 1.82) is 5.41 Å². The molecule has 0 aromatic heterocycles. The van der Waals surface area contributed by atoms with E-state index in [1.165, 1.54) is 12.6 Å². The summed E-state index contributed by atoms with van der Waals surface area (Å²) in [6.45, 7) is 1.99. The third-order valence-corrected chi connectivity index (χ3v) is 4.34. The summed E-state index contributed by atoms with van der Waals surface area (Å²) >= 11 is 4.74. The van der Waals surface area contributed by atoms with Gasteiger partial charge in [0.15, 0.2) is 5.11 Å². The first-order valence-electron chi connectivity index (χ1n) is 9.79. The van der Waals surface area contributed by atoms with E-state index in [0.717, 1.165) is 28.1 Å². The van der Waals surface area contributed by atoms with Gasteiger partial charge in [-0.3, -0.25) is 0 Å². The van der Waals surface area contributed by atoms with Crippen molar-refractivity contribution in [2.75, 3.05) is 12.4 Å². The van der Waals surface area contributed by atoms with Crippen molar-refractivity contribution in [2.45, 2.75) is 6.92 Å². The Balaban J connectivity index is 0.000000257. The Morgan fingerprint density at radius 1 is 1.06 bits per heavy atom. The molecule has 3 aromatic rings. The number of ether oxygens (including phenoxy) is 1. The van der Waals surface area contributed by atoms with Crippen LogP contribution in [0.25, 0.3) is 0 Å². The molecule has 0 bridgehead atoms. The fraction of sp³-hybridized carbons (Fsp3) is 0.0833. The Labute approximate surface area is 198 Å². The molecule has 8 nitrogen and oxygen atoms in total. The fourth-order valence-corrected chi connectivity index (χ4v) is 2.68. The lowest BCUT2D eigenvalue weighted by Crippen LogP contribution is -2.19. The summed E-state index contributed by atoms with van der Waals surface area (Å²) in [5, 5.41) is 19.4. The number of amidine groups is 1. The summed E-state index contributed by atoms with van der Waals surface area (Å²) in [7, 11) is 1.61. The van der Waals surface area contributed by atoms with Gasteiger partial charge in [0.25, 0.3) is 0 Å². The average Bonchev–Trinajstić information content (AvgIpc) is 2.80. The molecule has 9 heteroatoms. The molecule has 170 valence electrons. The van der Waals surface area contributed by atoms with Gasteiger partial charge in [0.05, 0.1) is 18.5 Å². The monoisotopic (exact) mass is 462 g/mol. The lowest BCUT2D eigenvalue weighted by molar-refractivity contribution is 0.417. The van der Waals surface area contributed by atoms with Crippen molar-refractivity contribution >= 4 is 47.1 Å². The summed E-state index contributed by atoms with van der Waals surface area (Å²) in [6.07, 6.45) is 2.63. The number of phenols is 1. The molecule has 0 aliphatic rings. The van der Waals surface area contributed by atoms with E-state index in [2.05, 4.69) is 15.3 Å². The molecule has 7 N–H and O–H groups in total. The van der Waals surface area contributed by atoms with E-state index < -0.39 is 0 Å². The largest absolute Gasteiger partial charge is 0.508 e. The van der Waals surface area contributed by atoms with E-state index in [0.29, 0.717) is 11.5 Å². The van der Waals surface area contributed by atoms with Gasteiger partial charge in [-0.1, -0.05) is 30.3 Å². The van der Waals surface area contributed by atoms with Gasteiger partial charge < -0.3 is 32.0 Å². The van der Waals surface area contributed by atoms with E-state index >= 15 is 0 Å². The highest BCUT2D eigenvalue weighted by Gasteiger charge is 2.02. The quantitative estimate of drug-likeness (QED) is 0.212. The first-order valence-corrected chi connectivity index (χ1v) is 10.2. The molecule has 0 atom stereocenters. The Hall–Kier alpha value is -4.24. The van der Waals surface area contributed by atoms with Crippen LogP contribution in [0.1, 0.15) is 16.7 Å². The first kappa shape index (κ1) is 25.0. The van der Waals surface area contributed by atoms with Crippen molar-refractivity contribution in [3.05, 3.63) is 83.4 Å². The zero-order valence-corrected chi connectivity index (χ0v) is 19.1. The predicted octanol–water partition coefficient (Wildman–Crippen LogP) is 4.11. The number of methoxy groups -OCH3 is 1. The number of nitrogens with two attached hydrogens (primary N) is 2. The summed E-state index contributed by atoms with van der Waals surface area (Å²) in [5.74, 6) is 1.28. The molecule has 0 fully saturated rings. The Bertz CT molecular complexity index is 1140. The number of hydrogen-bond donors (Lipinski definition) is 5. The summed E-state index contributed by atoms with van der Waals surface area (Å²) in [5.41, 5.74) is 15.4. The topological polar surface area (TPSA) is 142 Å². The van der Waals surface area contributed by atoms with Crippen LogP contribution >= 0.6 is 12.2 Å². The first-order chi connectivity index (χ1) is 15.8. The lowest BCUT2D eigenvalue weighted by Gasteiger charge is -2.09. The average molecular weight is 463 g/mol. The Morgan fingerprint density at radius 2 is 1.73 bits per heavy atom. The van der Waals surface area contributed by atoms with Gasteiger partial charge in [0.2, 0.25) is 0 Å². The van der Waals surface area contributed by atoms with Crippen LogP contribution in [0.4, 0.5) is 11.4 Å². The van der Waals surface area contributed by atoms with E-state index in [1.807, 2.05) is 25.1 Å². The molecule has 0 unspecified atom stereocenters. The predicted molar refractivity (Wildman–Crippen MR) is 139 cm³/mol. The third-order valence-electron chi connectivity index (χ3n) is 4.24. The van der Waals surface area contributed by atoms with Gasteiger partial charge in [-0.2, -0.15) is 0 Å². The molecule has 0 radical (unpaired) electrons. The number of nitrogens with zero attached hydrogens (tertiary/aromatic N) is 2. The minimum atomic E-state index is 0.193. The maximum absolute atomic E-state index is 9.15. The third kappa shape index (κ3) is 8.42. The molecule has 0 heterocycles. The number of rotatable bonds is 6. The number of thiocarbonyl (C=S) groups is 1. The Kier molecular flexibility index (Phi) is 9.54. The van der Waals surface area contributed by atoms with Crippen molar-refractivity contribution < 1.29 is 9.84 Å². The molecular formula is C24H26N6O2S. The maximum Gasteiger partial charge on any atom is 0.168 e. The van der Waals surface area contributed by atoms with Crippen LogP contribution in [0.2, 0.25) is 0 Å². The highest BCUT2D eigenvalue weighted by Crippen LogP contribution is 2.24.